The maximum atomic E-state index is 6.79. The van der Waals surface area contributed by atoms with Gasteiger partial charge in [-0.2, -0.15) is 0 Å². The fourth-order valence-corrected chi connectivity index (χ4v) is 8.21. The van der Waals surface area contributed by atoms with Gasteiger partial charge in [-0.05, 0) is 81.2 Å². The molecule has 0 atom stereocenters. The second kappa shape index (κ2) is 9.96. The average Bonchev–Trinajstić information content (AvgIpc) is 3.88. The second-order valence-electron chi connectivity index (χ2n) is 12.8. The molecule has 0 saturated heterocycles. The SMILES string of the molecule is c1ccc(-n2c3ccccc3c3cc(-c4c5ccccc5c(-c5cccc6c5oc5c7ccoc7ccc65)c5ccccc45)ccc32)cc1. The summed E-state index contributed by atoms with van der Waals surface area (Å²) in [6.45, 7) is 0. The minimum absolute atomic E-state index is 0.831. The van der Waals surface area contributed by atoms with Crippen LogP contribution in [0.1, 0.15) is 0 Å². The molecule has 11 aromatic rings. The Morgan fingerprint density at radius 1 is 0.388 bits per heavy atom. The lowest BCUT2D eigenvalue weighted by Crippen LogP contribution is -1.93. The molecule has 0 saturated carbocycles. The summed E-state index contributed by atoms with van der Waals surface area (Å²) < 4.78 is 14.9. The van der Waals surface area contributed by atoms with Crippen molar-refractivity contribution in [1.29, 1.82) is 0 Å². The summed E-state index contributed by atoms with van der Waals surface area (Å²) in [4.78, 5) is 0. The summed E-state index contributed by atoms with van der Waals surface area (Å²) >= 11 is 0. The molecule has 3 aromatic heterocycles. The Morgan fingerprint density at radius 3 is 1.80 bits per heavy atom. The third-order valence-corrected chi connectivity index (χ3v) is 10.3. The molecule has 11 rings (SSSR count). The van der Waals surface area contributed by atoms with Gasteiger partial charge in [0.2, 0.25) is 0 Å². The van der Waals surface area contributed by atoms with Crippen molar-refractivity contribution in [3.8, 4) is 27.9 Å². The summed E-state index contributed by atoms with van der Waals surface area (Å²) in [6.07, 6.45) is 1.73. The number of furan rings is 2. The van der Waals surface area contributed by atoms with Gasteiger partial charge in [0.05, 0.1) is 22.7 Å². The molecule has 0 bridgehead atoms. The number of nitrogens with zero attached hydrogens (tertiary/aromatic N) is 1. The number of fused-ring (bicyclic) bond motifs is 10. The highest BCUT2D eigenvalue weighted by atomic mass is 16.3. The lowest BCUT2D eigenvalue weighted by molar-refractivity contribution is 0.615. The number of hydrogen-bond donors (Lipinski definition) is 0. The monoisotopic (exact) mass is 625 g/mol. The highest BCUT2D eigenvalue weighted by Gasteiger charge is 2.22. The second-order valence-corrected chi connectivity index (χ2v) is 12.8. The molecule has 0 radical (unpaired) electrons. The Hall–Kier alpha value is -6.58. The van der Waals surface area contributed by atoms with Crippen molar-refractivity contribution in [1.82, 2.24) is 4.57 Å². The van der Waals surface area contributed by atoms with Crippen molar-refractivity contribution in [3.63, 3.8) is 0 Å². The Balaban J connectivity index is 1.22. The van der Waals surface area contributed by atoms with Crippen molar-refractivity contribution < 1.29 is 8.83 Å². The van der Waals surface area contributed by atoms with Crippen LogP contribution in [-0.4, -0.2) is 4.57 Å². The van der Waals surface area contributed by atoms with Crippen molar-refractivity contribution in [2.75, 3.05) is 0 Å². The van der Waals surface area contributed by atoms with E-state index in [1.807, 2.05) is 12.1 Å². The van der Waals surface area contributed by atoms with Gasteiger partial charge in [-0.3, -0.25) is 0 Å². The molecule has 0 aliphatic heterocycles. The summed E-state index contributed by atoms with van der Waals surface area (Å²) in [5, 5.41) is 10.5. The highest BCUT2D eigenvalue weighted by molar-refractivity contribution is 6.25. The van der Waals surface area contributed by atoms with E-state index in [9.17, 15) is 0 Å². The van der Waals surface area contributed by atoms with E-state index < -0.39 is 0 Å². The first-order valence-electron chi connectivity index (χ1n) is 16.7. The predicted molar refractivity (Wildman–Crippen MR) is 204 cm³/mol. The molecule has 0 N–H and O–H groups in total. The summed E-state index contributed by atoms with van der Waals surface area (Å²) in [5.41, 5.74) is 10.9. The minimum atomic E-state index is 0.831. The number of aromatic nitrogens is 1. The molecular formula is C46H27NO2. The van der Waals surface area contributed by atoms with Crippen LogP contribution in [0.15, 0.2) is 173 Å². The van der Waals surface area contributed by atoms with Gasteiger partial charge in [0.1, 0.15) is 16.7 Å². The van der Waals surface area contributed by atoms with Crippen molar-refractivity contribution in [2.24, 2.45) is 0 Å². The van der Waals surface area contributed by atoms with E-state index in [1.165, 1.54) is 60.0 Å². The number of benzene rings is 8. The Kier molecular flexibility index (Phi) is 5.38. The number of rotatable bonds is 3. The first kappa shape index (κ1) is 26.5. The number of para-hydroxylation sites is 3. The largest absolute Gasteiger partial charge is 0.464 e. The van der Waals surface area contributed by atoms with E-state index in [1.54, 1.807) is 6.26 Å². The van der Waals surface area contributed by atoms with E-state index in [4.69, 9.17) is 8.83 Å². The average molecular weight is 626 g/mol. The Bertz CT molecular complexity index is 3050. The Labute approximate surface area is 280 Å². The van der Waals surface area contributed by atoms with E-state index in [-0.39, 0.29) is 0 Å². The van der Waals surface area contributed by atoms with Crippen molar-refractivity contribution >= 4 is 76.3 Å². The lowest BCUT2D eigenvalue weighted by Gasteiger charge is -2.18. The van der Waals surface area contributed by atoms with Crippen LogP contribution in [-0.2, 0) is 0 Å². The van der Waals surface area contributed by atoms with E-state index >= 15 is 0 Å². The third kappa shape index (κ3) is 3.67. The molecule has 49 heavy (non-hydrogen) atoms. The molecule has 3 heterocycles. The van der Waals surface area contributed by atoms with Crippen molar-refractivity contribution in [2.45, 2.75) is 0 Å². The summed E-state index contributed by atoms with van der Waals surface area (Å²) in [7, 11) is 0. The van der Waals surface area contributed by atoms with E-state index in [0.717, 1.165) is 44.2 Å². The molecule has 0 spiro atoms. The zero-order valence-corrected chi connectivity index (χ0v) is 26.4. The van der Waals surface area contributed by atoms with Gasteiger partial charge in [-0.1, -0.05) is 109 Å². The van der Waals surface area contributed by atoms with Gasteiger partial charge in [0.25, 0.3) is 0 Å². The van der Waals surface area contributed by atoms with Crippen LogP contribution in [0.4, 0.5) is 0 Å². The summed E-state index contributed by atoms with van der Waals surface area (Å²) in [5.74, 6) is 0. The quantitative estimate of drug-likeness (QED) is 0.183. The van der Waals surface area contributed by atoms with Gasteiger partial charge in [0.15, 0.2) is 0 Å². The van der Waals surface area contributed by atoms with Crippen LogP contribution in [0.2, 0.25) is 0 Å². The molecule has 0 aliphatic rings. The third-order valence-electron chi connectivity index (χ3n) is 10.3. The molecular weight excluding hydrogens is 599 g/mol. The molecule has 0 aliphatic carbocycles. The molecule has 228 valence electrons. The van der Waals surface area contributed by atoms with Crippen LogP contribution in [0.25, 0.3) is 104 Å². The zero-order valence-electron chi connectivity index (χ0n) is 26.4. The first-order valence-corrected chi connectivity index (χ1v) is 16.7. The number of hydrogen-bond acceptors (Lipinski definition) is 2. The van der Waals surface area contributed by atoms with Gasteiger partial charge >= 0.3 is 0 Å². The molecule has 3 heteroatoms. The maximum absolute atomic E-state index is 6.79. The zero-order chi connectivity index (χ0) is 32.1. The Morgan fingerprint density at radius 2 is 1.02 bits per heavy atom. The predicted octanol–water partition coefficient (Wildman–Crippen LogP) is 13.1. The normalized spacial score (nSPS) is 12.1. The van der Waals surface area contributed by atoms with E-state index in [2.05, 4.69) is 150 Å². The van der Waals surface area contributed by atoms with Crippen molar-refractivity contribution in [3.05, 3.63) is 164 Å². The molecule has 0 unspecified atom stereocenters. The van der Waals surface area contributed by atoms with Gasteiger partial charge in [-0.15, -0.1) is 0 Å². The maximum Gasteiger partial charge on any atom is 0.146 e. The molecule has 0 amide bonds. The molecule has 0 fully saturated rings. The topological polar surface area (TPSA) is 31.2 Å². The molecule has 3 nitrogen and oxygen atoms in total. The highest BCUT2D eigenvalue weighted by Crippen LogP contribution is 2.47. The standard InChI is InChI=1S/C46H27NO2/c1-2-11-29(12-3-1)47-40-20-9-8-13-30(40)39-27-28(21-23-41(39)47)43-31-14-4-6-16-33(31)44(34-17-7-5-15-32(34)43)38-19-10-18-35-36-22-24-42-37(25-26-48-42)45(36)49-46(35)38/h1-27H. The fraction of sp³-hybridized carbons (Fsp3) is 0. The van der Waals surface area contributed by atoms with Gasteiger partial charge < -0.3 is 13.4 Å². The van der Waals surface area contributed by atoms with Gasteiger partial charge in [-0.25, -0.2) is 0 Å². The summed E-state index contributed by atoms with van der Waals surface area (Å²) in [6, 6.07) is 56.7. The molecule has 8 aromatic carbocycles. The first-order chi connectivity index (χ1) is 24.3. The minimum Gasteiger partial charge on any atom is -0.464 e. The van der Waals surface area contributed by atoms with Crippen LogP contribution < -0.4 is 0 Å². The lowest BCUT2D eigenvalue weighted by atomic mass is 9.85. The fourth-order valence-electron chi connectivity index (χ4n) is 8.21. The van der Waals surface area contributed by atoms with Crippen LogP contribution in [0, 0.1) is 0 Å². The van der Waals surface area contributed by atoms with Crippen LogP contribution >= 0.6 is 0 Å². The van der Waals surface area contributed by atoms with Gasteiger partial charge in [0, 0.05) is 38.4 Å². The van der Waals surface area contributed by atoms with Crippen LogP contribution in [0.3, 0.4) is 0 Å². The van der Waals surface area contributed by atoms with Crippen LogP contribution in [0.5, 0.6) is 0 Å². The van der Waals surface area contributed by atoms with E-state index in [0.29, 0.717) is 0 Å². The smallest absolute Gasteiger partial charge is 0.146 e.